The molecule has 0 amide bonds. The molecule has 0 radical (unpaired) electrons. The summed E-state index contributed by atoms with van der Waals surface area (Å²) in [4.78, 5) is 33.9. The summed E-state index contributed by atoms with van der Waals surface area (Å²) in [5, 5.41) is 14.5. The van der Waals surface area contributed by atoms with Crippen molar-refractivity contribution >= 4 is 21.8 Å². The molecule has 34 heavy (non-hydrogen) atoms. The molecule has 0 unspecified atom stereocenters. The Balaban J connectivity index is 1.16. The zero-order chi connectivity index (χ0) is 23.7. The van der Waals surface area contributed by atoms with Crippen molar-refractivity contribution in [3.63, 3.8) is 0 Å². The van der Waals surface area contributed by atoms with Gasteiger partial charge in [-0.05, 0) is 61.6 Å². The Morgan fingerprint density at radius 3 is 2.76 bits per heavy atom. The number of hydrogen-bond donors (Lipinski definition) is 3. The van der Waals surface area contributed by atoms with Gasteiger partial charge in [-0.15, -0.1) is 0 Å². The molecule has 0 bridgehead atoms. The van der Waals surface area contributed by atoms with E-state index in [9.17, 15) is 19.1 Å². The minimum Gasteiger partial charge on any atom is -0.507 e. The van der Waals surface area contributed by atoms with Crippen molar-refractivity contribution in [2.75, 3.05) is 19.6 Å². The second-order valence-electron chi connectivity index (χ2n) is 8.74. The number of halogens is 1. The number of phenols is 1. The van der Waals surface area contributed by atoms with E-state index in [-0.39, 0.29) is 22.7 Å². The zero-order valence-corrected chi connectivity index (χ0v) is 18.6. The second-order valence-corrected chi connectivity index (χ2v) is 8.74. The molecule has 2 aromatic carbocycles. The minimum absolute atomic E-state index is 0.0159. The summed E-state index contributed by atoms with van der Waals surface area (Å²) < 4.78 is 15.3. The number of aromatic hydroxyl groups is 1. The first-order valence-electron chi connectivity index (χ1n) is 11.4. The van der Waals surface area contributed by atoms with Gasteiger partial charge in [0.2, 0.25) is 0 Å². The molecule has 4 aromatic rings. The maximum absolute atomic E-state index is 13.7. The van der Waals surface area contributed by atoms with Crippen molar-refractivity contribution < 1.29 is 9.50 Å². The number of pyridine rings is 1. The van der Waals surface area contributed by atoms with Crippen molar-refractivity contribution in [2.24, 2.45) is 0 Å². The van der Waals surface area contributed by atoms with Crippen LogP contribution in [0.2, 0.25) is 0 Å². The van der Waals surface area contributed by atoms with Crippen LogP contribution in [-0.4, -0.2) is 50.2 Å². The van der Waals surface area contributed by atoms with Gasteiger partial charge in [-0.25, -0.2) is 9.37 Å². The summed E-state index contributed by atoms with van der Waals surface area (Å²) in [5.74, 6) is -0.400. The van der Waals surface area contributed by atoms with Crippen LogP contribution in [0.3, 0.4) is 0 Å². The number of benzene rings is 2. The quantitative estimate of drug-likeness (QED) is 0.406. The van der Waals surface area contributed by atoms with E-state index in [1.54, 1.807) is 16.7 Å². The fourth-order valence-corrected chi connectivity index (χ4v) is 4.67. The Hall–Kier alpha value is -3.56. The van der Waals surface area contributed by atoms with Gasteiger partial charge in [0.15, 0.2) is 0 Å². The van der Waals surface area contributed by atoms with Crippen molar-refractivity contribution in [3.8, 4) is 5.75 Å². The number of aromatic nitrogens is 3. The van der Waals surface area contributed by atoms with Crippen LogP contribution in [0.25, 0.3) is 21.8 Å². The summed E-state index contributed by atoms with van der Waals surface area (Å²) in [6, 6.07) is 11.5. The van der Waals surface area contributed by atoms with Gasteiger partial charge < -0.3 is 24.9 Å². The molecule has 0 aliphatic carbocycles. The van der Waals surface area contributed by atoms with Crippen molar-refractivity contribution in [1.82, 2.24) is 24.8 Å². The van der Waals surface area contributed by atoms with Crippen molar-refractivity contribution in [2.45, 2.75) is 32.0 Å². The van der Waals surface area contributed by atoms with Crippen LogP contribution in [0.15, 0.2) is 58.3 Å². The largest absolute Gasteiger partial charge is 0.507 e. The van der Waals surface area contributed by atoms with Crippen LogP contribution in [0.5, 0.6) is 5.75 Å². The summed E-state index contributed by atoms with van der Waals surface area (Å²) in [5.41, 5.74) is 1.38. The van der Waals surface area contributed by atoms with Gasteiger partial charge in [0.05, 0.1) is 22.6 Å². The van der Waals surface area contributed by atoms with Crippen LogP contribution >= 0.6 is 0 Å². The number of aromatic amines is 1. The van der Waals surface area contributed by atoms with E-state index in [1.807, 2.05) is 12.1 Å². The standard InChI is InChI=1S/C25H26FN5O3/c26-17-4-5-20-21(13-17)31(23(33)15-28-20)11-10-30-8-6-18(7-9-30)27-14-19-12-16-2-1-3-22(32)24(16)25(34)29-19/h1-5,12-13,15,18,27,32H,6-11,14H2,(H,29,34). The highest BCUT2D eigenvalue weighted by Crippen LogP contribution is 2.21. The third-order valence-corrected chi connectivity index (χ3v) is 6.52. The number of H-pyrrole nitrogens is 1. The van der Waals surface area contributed by atoms with Crippen LogP contribution in [0.4, 0.5) is 4.39 Å². The van der Waals surface area contributed by atoms with E-state index in [2.05, 4.69) is 20.2 Å². The van der Waals surface area contributed by atoms with E-state index in [0.717, 1.165) is 31.6 Å². The number of fused-ring (bicyclic) bond motifs is 2. The molecule has 1 aliphatic heterocycles. The number of piperidine rings is 1. The monoisotopic (exact) mass is 463 g/mol. The Morgan fingerprint density at radius 2 is 1.94 bits per heavy atom. The normalized spacial score (nSPS) is 15.3. The fraction of sp³-hybridized carbons (Fsp3) is 0.320. The lowest BCUT2D eigenvalue weighted by atomic mass is 10.0. The number of phenolic OH excluding ortho intramolecular Hbond substituents is 1. The molecular formula is C25H26FN5O3. The lowest BCUT2D eigenvalue weighted by Crippen LogP contribution is -2.43. The van der Waals surface area contributed by atoms with Crippen LogP contribution in [0.1, 0.15) is 18.5 Å². The molecule has 3 N–H and O–H groups in total. The Morgan fingerprint density at radius 1 is 1.12 bits per heavy atom. The van der Waals surface area contributed by atoms with E-state index < -0.39 is 0 Å². The van der Waals surface area contributed by atoms with Gasteiger partial charge in [0, 0.05) is 31.4 Å². The molecule has 8 nitrogen and oxygen atoms in total. The van der Waals surface area contributed by atoms with E-state index >= 15 is 0 Å². The molecular weight excluding hydrogens is 437 g/mol. The molecule has 1 aliphatic rings. The lowest BCUT2D eigenvalue weighted by Gasteiger charge is -2.32. The molecule has 0 spiro atoms. The average molecular weight is 464 g/mol. The molecule has 1 saturated heterocycles. The summed E-state index contributed by atoms with van der Waals surface area (Å²) in [6.07, 6.45) is 3.17. The first kappa shape index (κ1) is 22.2. The molecule has 0 atom stereocenters. The molecule has 0 saturated carbocycles. The fourth-order valence-electron chi connectivity index (χ4n) is 4.67. The highest BCUT2D eigenvalue weighted by atomic mass is 19.1. The molecule has 1 fully saturated rings. The van der Waals surface area contributed by atoms with Gasteiger partial charge >= 0.3 is 0 Å². The first-order valence-corrected chi connectivity index (χ1v) is 11.4. The maximum Gasteiger partial charge on any atom is 0.269 e. The smallest absolute Gasteiger partial charge is 0.269 e. The minimum atomic E-state index is -0.384. The maximum atomic E-state index is 13.7. The van der Waals surface area contributed by atoms with E-state index in [4.69, 9.17) is 0 Å². The van der Waals surface area contributed by atoms with Gasteiger partial charge in [0.25, 0.3) is 11.1 Å². The molecule has 5 rings (SSSR count). The SMILES string of the molecule is O=c1[nH]c(CNC2CCN(CCn3c(=O)cnc4ccc(F)cc43)CC2)cc2cccc(O)c12. The third kappa shape index (κ3) is 4.57. The average Bonchev–Trinajstić information content (AvgIpc) is 2.82. The predicted octanol–water partition coefficient (Wildman–Crippen LogP) is 2.34. The van der Waals surface area contributed by atoms with Crippen LogP contribution in [0, 0.1) is 5.82 Å². The van der Waals surface area contributed by atoms with Crippen LogP contribution < -0.4 is 16.4 Å². The van der Waals surface area contributed by atoms with Gasteiger partial charge in [-0.2, -0.15) is 0 Å². The highest BCUT2D eigenvalue weighted by molar-refractivity contribution is 5.87. The third-order valence-electron chi connectivity index (χ3n) is 6.52. The van der Waals surface area contributed by atoms with E-state index in [0.29, 0.717) is 47.5 Å². The summed E-state index contributed by atoms with van der Waals surface area (Å²) in [6.45, 7) is 3.47. The topological polar surface area (TPSA) is 103 Å². The number of hydrogen-bond acceptors (Lipinski definition) is 6. The Bertz CT molecular complexity index is 1460. The number of rotatable bonds is 6. The predicted molar refractivity (Wildman–Crippen MR) is 128 cm³/mol. The number of likely N-dealkylation sites (tertiary alicyclic amines) is 1. The molecule has 2 aromatic heterocycles. The molecule has 176 valence electrons. The Kier molecular flexibility index (Phi) is 6.12. The van der Waals surface area contributed by atoms with Crippen molar-refractivity contribution in [3.05, 3.63) is 80.9 Å². The highest BCUT2D eigenvalue weighted by Gasteiger charge is 2.19. The Labute approximate surface area is 194 Å². The zero-order valence-electron chi connectivity index (χ0n) is 18.6. The van der Waals surface area contributed by atoms with E-state index in [1.165, 1.54) is 24.4 Å². The summed E-state index contributed by atoms with van der Waals surface area (Å²) in [7, 11) is 0. The van der Waals surface area contributed by atoms with Crippen LogP contribution in [-0.2, 0) is 13.1 Å². The molecule has 9 heteroatoms. The lowest BCUT2D eigenvalue weighted by molar-refractivity contribution is 0.191. The van der Waals surface area contributed by atoms with Crippen molar-refractivity contribution in [1.29, 1.82) is 0 Å². The number of nitrogens with one attached hydrogen (secondary N) is 2. The van der Waals surface area contributed by atoms with Gasteiger partial charge in [-0.3, -0.25) is 9.59 Å². The van der Waals surface area contributed by atoms with Gasteiger partial charge in [-0.1, -0.05) is 12.1 Å². The first-order chi connectivity index (χ1) is 16.5. The number of nitrogens with zero attached hydrogens (tertiary/aromatic N) is 3. The molecule has 3 heterocycles. The summed E-state index contributed by atoms with van der Waals surface area (Å²) >= 11 is 0. The second kappa shape index (κ2) is 9.36. The van der Waals surface area contributed by atoms with Gasteiger partial charge in [0.1, 0.15) is 11.6 Å².